The number of rotatable bonds is 5. The molecule has 0 spiro atoms. The van der Waals surface area contributed by atoms with E-state index in [1.165, 1.54) is 11.0 Å². The summed E-state index contributed by atoms with van der Waals surface area (Å²) in [6.07, 6.45) is 2.90. The van der Waals surface area contributed by atoms with E-state index in [4.69, 9.17) is 4.74 Å². The molecule has 1 aliphatic heterocycles. The van der Waals surface area contributed by atoms with Crippen LogP contribution < -0.4 is 4.74 Å². The van der Waals surface area contributed by atoms with Crippen LogP contribution in [0.2, 0.25) is 0 Å². The Kier molecular flexibility index (Phi) is 4.52. The third-order valence-electron chi connectivity index (χ3n) is 3.77. The number of para-hydroxylation sites is 1. The molecule has 0 saturated heterocycles. The van der Waals surface area contributed by atoms with Crippen molar-refractivity contribution >= 4 is 5.91 Å². The summed E-state index contributed by atoms with van der Waals surface area (Å²) >= 11 is 0. The summed E-state index contributed by atoms with van der Waals surface area (Å²) in [5.41, 5.74) is 1.55. The van der Waals surface area contributed by atoms with Crippen LogP contribution in [0.15, 0.2) is 42.7 Å². The van der Waals surface area contributed by atoms with E-state index in [9.17, 15) is 14.3 Å². The zero-order valence-electron chi connectivity index (χ0n) is 12.5. The molecule has 0 fully saturated rings. The van der Waals surface area contributed by atoms with Gasteiger partial charge in [-0.1, -0.05) is 18.2 Å². The Balaban J connectivity index is 1.74. The van der Waals surface area contributed by atoms with E-state index in [1.807, 2.05) is 6.07 Å². The van der Waals surface area contributed by atoms with Crippen molar-refractivity contribution in [3.05, 3.63) is 59.7 Å². The number of carbonyl (C=O) groups is 1. The number of hydrogen-bond donors (Lipinski definition) is 1. The lowest BCUT2D eigenvalue weighted by Gasteiger charge is -2.24. The minimum atomic E-state index is -0.759. The first-order valence-electron chi connectivity index (χ1n) is 7.41. The maximum absolute atomic E-state index is 13.7. The zero-order valence-corrected chi connectivity index (χ0v) is 12.5. The van der Waals surface area contributed by atoms with E-state index >= 15 is 0 Å². The van der Waals surface area contributed by atoms with Crippen LogP contribution in [0, 0.1) is 5.82 Å². The molecule has 0 bridgehead atoms. The third kappa shape index (κ3) is 3.32. The summed E-state index contributed by atoms with van der Waals surface area (Å²) in [6, 6.07) is 8.31. The highest BCUT2D eigenvalue weighted by molar-refractivity contribution is 5.82. The molecule has 1 unspecified atom stereocenters. The molecule has 2 heterocycles. The van der Waals surface area contributed by atoms with Crippen molar-refractivity contribution in [1.29, 1.82) is 0 Å². The Bertz CT molecular complexity index is 693. The molecule has 1 atom stereocenters. The fraction of sp³-hybridized carbons (Fsp3) is 0.294. The predicted molar refractivity (Wildman–Crippen MR) is 81.3 cm³/mol. The van der Waals surface area contributed by atoms with Crippen molar-refractivity contribution in [3.63, 3.8) is 0 Å². The molecular weight excluding hydrogens is 299 g/mol. The first kappa shape index (κ1) is 15.4. The number of aliphatic hydroxyl groups is 1. The van der Waals surface area contributed by atoms with E-state index in [-0.39, 0.29) is 24.8 Å². The fourth-order valence-corrected chi connectivity index (χ4v) is 2.67. The monoisotopic (exact) mass is 316 g/mol. The van der Waals surface area contributed by atoms with Gasteiger partial charge in [0.05, 0.1) is 6.61 Å². The van der Waals surface area contributed by atoms with Crippen molar-refractivity contribution in [1.82, 2.24) is 9.88 Å². The number of carbonyl (C=O) groups excluding carboxylic acids is 1. The lowest BCUT2D eigenvalue weighted by atomic mass is 10.1. The van der Waals surface area contributed by atoms with E-state index < -0.39 is 11.9 Å². The summed E-state index contributed by atoms with van der Waals surface area (Å²) in [5, 5.41) is 9.21. The topological polar surface area (TPSA) is 62.7 Å². The van der Waals surface area contributed by atoms with Gasteiger partial charge >= 0.3 is 0 Å². The number of aliphatic hydroxyl groups excluding tert-OH is 1. The Morgan fingerprint density at radius 3 is 2.96 bits per heavy atom. The highest BCUT2D eigenvalue weighted by Gasteiger charge is 2.33. The minimum absolute atomic E-state index is 0.149. The molecule has 1 amide bonds. The summed E-state index contributed by atoms with van der Waals surface area (Å²) < 4.78 is 19.2. The molecule has 0 radical (unpaired) electrons. The highest BCUT2D eigenvalue weighted by Crippen LogP contribution is 2.32. The van der Waals surface area contributed by atoms with Crippen LogP contribution in [-0.2, 0) is 17.8 Å². The van der Waals surface area contributed by atoms with Crippen LogP contribution in [0.4, 0.5) is 4.39 Å². The van der Waals surface area contributed by atoms with Gasteiger partial charge in [-0.25, -0.2) is 4.39 Å². The molecule has 1 aliphatic rings. The van der Waals surface area contributed by atoms with E-state index in [0.29, 0.717) is 18.5 Å². The van der Waals surface area contributed by atoms with E-state index in [2.05, 4.69) is 4.98 Å². The van der Waals surface area contributed by atoms with Crippen molar-refractivity contribution in [3.8, 4) is 5.75 Å². The smallest absolute Gasteiger partial charge is 0.264 e. The van der Waals surface area contributed by atoms with Crippen LogP contribution in [0.1, 0.15) is 11.1 Å². The number of ether oxygens (including phenoxy) is 1. The molecule has 5 nitrogen and oxygen atoms in total. The van der Waals surface area contributed by atoms with E-state index in [0.717, 1.165) is 5.56 Å². The van der Waals surface area contributed by atoms with Crippen molar-refractivity contribution < 1.29 is 19.0 Å². The maximum atomic E-state index is 13.7. The number of halogens is 1. The van der Waals surface area contributed by atoms with Crippen LogP contribution in [0.3, 0.4) is 0 Å². The van der Waals surface area contributed by atoms with Crippen LogP contribution in [0.25, 0.3) is 0 Å². The molecule has 2 aromatic rings. The second kappa shape index (κ2) is 6.75. The van der Waals surface area contributed by atoms with Crippen molar-refractivity contribution in [2.24, 2.45) is 0 Å². The van der Waals surface area contributed by atoms with Crippen LogP contribution in [0.5, 0.6) is 5.75 Å². The quantitative estimate of drug-likeness (QED) is 0.909. The lowest BCUT2D eigenvalue weighted by molar-refractivity contribution is -0.139. The highest BCUT2D eigenvalue weighted by atomic mass is 19.1. The Morgan fingerprint density at radius 2 is 2.26 bits per heavy atom. The van der Waals surface area contributed by atoms with Crippen LogP contribution >= 0.6 is 0 Å². The van der Waals surface area contributed by atoms with Gasteiger partial charge in [-0.05, 0) is 17.7 Å². The van der Waals surface area contributed by atoms with Gasteiger partial charge in [0.2, 0.25) is 0 Å². The molecule has 6 heteroatoms. The average molecular weight is 316 g/mol. The number of hydrogen-bond acceptors (Lipinski definition) is 4. The second-order valence-corrected chi connectivity index (χ2v) is 5.38. The molecule has 23 heavy (non-hydrogen) atoms. The minimum Gasteiger partial charge on any atom is -0.477 e. The maximum Gasteiger partial charge on any atom is 0.264 e. The standard InChI is InChI=1S/C17H17FN2O3/c18-14-5-1-4-13-9-15(23-16(13)14)17(22)20(7-8-21)11-12-3-2-6-19-10-12/h1-6,10,15,21H,7-9,11H2. The molecule has 0 aliphatic carbocycles. The number of amides is 1. The Morgan fingerprint density at radius 1 is 1.39 bits per heavy atom. The van der Waals surface area contributed by atoms with Gasteiger partial charge in [0.25, 0.3) is 5.91 Å². The van der Waals surface area contributed by atoms with E-state index in [1.54, 1.807) is 30.6 Å². The van der Waals surface area contributed by atoms with Gasteiger partial charge in [0.15, 0.2) is 17.7 Å². The molecule has 120 valence electrons. The molecule has 1 aromatic carbocycles. The lowest BCUT2D eigenvalue weighted by Crippen LogP contribution is -2.42. The Labute approximate surface area is 133 Å². The first-order chi connectivity index (χ1) is 11.2. The van der Waals surface area contributed by atoms with Crippen molar-refractivity contribution in [2.75, 3.05) is 13.2 Å². The number of nitrogens with zero attached hydrogens (tertiary/aromatic N) is 2. The van der Waals surface area contributed by atoms with Gasteiger partial charge in [-0.3, -0.25) is 9.78 Å². The first-order valence-corrected chi connectivity index (χ1v) is 7.41. The van der Waals surface area contributed by atoms with Crippen LogP contribution in [-0.4, -0.2) is 40.2 Å². The number of benzene rings is 1. The zero-order chi connectivity index (χ0) is 16.2. The summed E-state index contributed by atoms with van der Waals surface area (Å²) in [7, 11) is 0. The summed E-state index contributed by atoms with van der Waals surface area (Å²) in [5.74, 6) is -0.576. The van der Waals surface area contributed by atoms with Gasteiger partial charge in [0.1, 0.15) is 0 Å². The largest absolute Gasteiger partial charge is 0.477 e. The number of pyridine rings is 1. The molecule has 1 aromatic heterocycles. The van der Waals surface area contributed by atoms with Gasteiger partial charge in [-0.15, -0.1) is 0 Å². The average Bonchev–Trinajstić information content (AvgIpc) is 3.00. The molecule has 1 N–H and O–H groups in total. The van der Waals surface area contributed by atoms with Gasteiger partial charge in [0, 0.05) is 37.5 Å². The summed E-state index contributed by atoms with van der Waals surface area (Å²) in [4.78, 5) is 18.2. The van der Waals surface area contributed by atoms with Gasteiger partial charge < -0.3 is 14.7 Å². The van der Waals surface area contributed by atoms with Crippen molar-refractivity contribution in [2.45, 2.75) is 19.1 Å². The fourth-order valence-electron chi connectivity index (χ4n) is 2.67. The summed E-state index contributed by atoms with van der Waals surface area (Å²) in [6.45, 7) is 0.359. The number of aromatic nitrogens is 1. The third-order valence-corrected chi connectivity index (χ3v) is 3.77. The molecule has 3 rings (SSSR count). The molecular formula is C17H17FN2O3. The predicted octanol–water partition coefficient (Wildman–Crippen LogP) is 1.55. The van der Waals surface area contributed by atoms with Gasteiger partial charge in [-0.2, -0.15) is 0 Å². The SMILES string of the molecule is O=C(C1Cc2cccc(F)c2O1)N(CCO)Cc1cccnc1. The Hall–Kier alpha value is -2.47. The number of fused-ring (bicyclic) bond motifs is 1. The molecule has 0 saturated carbocycles. The normalized spacial score (nSPS) is 15.8. The second-order valence-electron chi connectivity index (χ2n) is 5.38.